The van der Waals surface area contributed by atoms with E-state index in [2.05, 4.69) is 56.9 Å². The molecule has 1 nitrogen and oxygen atoms in total. The first kappa shape index (κ1) is 10.5. The number of para-hydroxylation sites is 1. The molecule has 15 heavy (non-hydrogen) atoms. The maximum atomic E-state index is 2.53. The minimum Gasteiger partial charge on any atom is -0.368 e. The molecule has 0 radical (unpaired) electrons. The number of benzene rings is 1. The summed E-state index contributed by atoms with van der Waals surface area (Å²) in [6.07, 6.45) is 0. The van der Waals surface area contributed by atoms with Crippen molar-refractivity contribution in [3.63, 3.8) is 0 Å². The Balaban J connectivity index is 2.39. The minimum atomic E-state index is 0.606. The molecule has 0 aliphatic carbocycles. The van der Waals surface area contributed by atoms with Crippen LogP contribution in [0.3, 0.4) is 0 Å². The third kappa shape index (κ3) is 1.75. The molecule has 0 bridgehead atoms. The third-order valence-corrected chi connectivity index (χ3v) is 3.47. The van der Waals surface area contributed by atoms with Crippen LogP contribution in [-0.2, 0) is 0 Å². The predicted octanol–water partition coefficient (Wildman–Crippen LogP) is 3.65. The van der Waals surface area contributed by atoms with E-state index in [9.17, 15) is 0 Å². The molecule has 2 rings (SSSR count). The van der Waals surface area contributed by atoms with Crippen molar-refractivity contribution in [1.82, 2.24) is 0 Å². The molecule has 0 amide bonds. The molecule has 1 aromatic rings. The highest BCUT2D eigenvalue weighted by molar-refractivity contribution is 5.60. The van der Waals surface area contributed by atoms with E-state index in [1.165, 1.54) is 12.2 Å². The SMILES string of the molecule is CC(C)C1CN(C(C)C)c2ccccc21. The topological polar surface area (TPSA) is 3.24 Å². The fourth-order valence-corrected chi connectivity index (χ4v) is 2.53. The molecule has 0 N–H and O–H groups in total. The lowest BCUT2D eigenvalue weighted by atomic mass is 9.90. The van der Waals surface area contributed by atoms with Gasteiger partial charge in [-0.3, -0.25) is 0 Å². The Morgan fingerprint density at radius 3 is 2.40 bits per heavy atom. The summed E-state index contributed by atoms with van der Waals surface area (Å²) in [5.74, 6) is 1.44. The lowest BCUT2D eigenvalue weighted by Crippen LogP contribution is -2.30. The fraction of sp³-hybridized carbons (Fsp3) is 0.571. The van der Waals surface area contributed by atoms with Crippen molar-refractivity contribution in [3.05, 3.63) is 29.8 Å². The van der Waals surface area contributed by atoms with Gasteiger partial charge in [0.15, 0.2) is 0 Å². The van der Waals surface area contributed by atoms with Crippen molar-refractivity contribution < 1.29 is 0 Å². The van der Waals surface area contributed by atoms with Gasteiger partial charge in [0.2, 0.25) is 0 Å². The first-order valence-electron chi connectivity index (χ1n) is 5.97. The summed E-state index contributed by atoms with van der Waals surface area (Å²) in [5.41, 5.74) is 2.99. The van der Waals surface area contributed by atoms with Crippen LogP contribution in [0.1, 0.15) is 39.2 Å². The highest BCUT2D eigenvalue weighted by atomic mass is 15.2. The second-order valence-corrected chi connectivity index (χ2v) is 5.16. The molecule has 0 saturated heterocycles. The minimum absolute atomic E-state index is 0.606. The average Bonchev–Trinajstić information content (AvgIpc) is 2.56. The summed E-state index contributed by atoms with van der Waals surface area (Å²) in [4.78, 5) is 2.53. The van der Waals surface area contributed by atoms with Gasteiger partial charge in [0.05, 0.1) is 0 Å². The largest absolute Gasteiger partial charge is 0.368 e. The summed E-state index contributed by atoms with van der Waals surface area (Å²) in [7, 11) is 0. The normalized spacial score (nSPS) is 20.1. The molecule has 0 saturated carbocycles. The number of hydrogen-bond acceptors (Lipinski definition) is 1. The molecule has 1 heteroatoms. The number of rotatable bonds is 2. The van der Waals surface area contributed by atoms with Gasteiger partial charge in [-0.25, -0.2) is 0 Å². The zero-order valence-corrected chi connectivity index (χ0v) is 10.2. The monoisotopic (exact) mass is 203 g/mol. The molecule has 0 spiro atoms. The van der Waals surface area contributed by atoms with Crippen LogP contribution in [0.25, 0.3) is 0 Å². The van der Waals surface area contributed by atoms with Gasteiger partial charge >= 0.3 is 0 Å². The van der Waals surface area contributed by atoms with E-state index in [1.807, 2.05) is 0 Å². The van der Waals surface area contributed by atoms with Crippen molar-refractivity contribution in [3.8, 4) is 0 Å². The summed E-state index contributed by atoms with van der Waals surface area (Å²) in [6.45, 7) is 10.4. The zero-order chi connectivity index (χ0) is 11.0. The quantitative estimate of drug-likeness (QED) is 0.709. The van der Waals surface area contributed by atoms with Gasteiger partial charge in [0.1, 0.15) is 0 Å². The lowest BCUT2D eigenvalue weighted by Gasteiger charge is -2.25. The van der Waals surface area contributed by atoms with Gasteiger partial charge in [-0.15, -0.1) is 0 Å². The molecule has 82 valence electrons. The van der Waals surface area contributed by atoms with E-state index >= 15 is 0 Å². The predicted molar refractivity (Wildman–Crippen MR) is 66.5 cm³/mol. The fourth-order valence-electron chi connectivity index (χ4n) is 2.53. The Morgan fingerprint density at radius 2 is 1.80 bits per heavy atom. The van der Waals surface area contributed by atoms with Crippen molar-refractivity contribution >= 4 is 5.69 Å². The Hall–Kier alpha value is -0.980. The molecule has 1 atom stereocenters. The van der Waals surface area contributed by atoms with E-state index < -0.39 is 0 Å². The molecular weight excluding hydrogens is 182 g/mol. The van der Waals surface area contributed by atoms with Crippen LogP contribution in [0.15, 0.2) is 24.3 Å². The molecule has 1 aliphatic rings. The van der Waals surface area contributed by atoms with Gasteiger partial charge < -0.3 is 4.90 Å². The van der Waals surface area contributed by atoms with Gasteiger partial charge in [0.25, 0.3) is 0 Å². The van der Waals surface area contributed by atoms with Crippen LogP contribution in [0.2, 0.25) is 0 Å². The van der Waals surface area contributed by atoms with Crippen LogP contribution in [0.4, 0.5) is 5.69 Å². The van der Waals surface area contributed by atoms with Crippen LogP contribution < -0.4 is 4.90 Å². The van der Waals surface area contributed by atoms with E-state index in [4.69, 9.17) is 0 Å². The van der Waals surface area contributed by atoms with Crippen molar-refractivity contribution in [1.29, 1.82) is 0 Å². The van der Waals surface area contributed by atoms with E-state index in [0.717, 1.165) is 5.92 Å². The van der Waals surface area contributed by atoms with Crippen LogP contribution in [-0.4, -0.2) is 12.6 Å². The molecule has 0 fully saturated rings. The third-order valence-electron chi connectivity index (χ3n) is 3.47. The maximum absolute atomic E-state index is 2.53. The van der Waals surface area contributed by atoms with Crippen molar-refractivity contribution in [2.75, 3.05) is 11.4 Å². The van der Waals surface area contributed by atoms with Crippen molar-refractivity contribution in [2.45, 2.75) is 39.7 Å². The molecule has 1 unspecified atom stereocenters. The summed E-state index contributed by atoms with van der Waals surface area (Å²) in [6, 6.07) is 9.48. The zero-order valence-electron chi connectivity index (χ0n) is 10.2. The van der Waals surface area contributed by atoms with E-state index in [0.29, 0.717) is 12.0 Å². The van der Waals surface area contributed by atoms with Gasteiger partial charge in [0, 0.05) is 24.2 Å². The Morgan fingerprint density at radius 1 is 1.13 bits per heavy atom. The maximum Gasteiger partial charge on any atom is 0.0404 e. The molecule has 1 aromatic carbocycles. The summed E-state index contributed by atoms with van der Waals surface area (Å²) < 4.78 is 0. The molecular formula is C14H21N. The lowest BCUT2D eigenvalue weighted by molar-refractivity contribution is 0.505. The van der Waals surface area contributed by atoms with Gasteiger partial charge in [-0.2, -0.15) is 0 Å². The first-order valence-corrected chi connectivity index (χ1v) is 5.97. The number of fused-ring (bicyclic) bond motifs is 1. The average molecular weight is 203 g/mol. The van der Waals surface area contributed by atoms with E-state index in [-0.39, 0.29) is 0 Å². The smallest absolute Gasteiger partial charge is 0.0404 e. The standard InChI is InChI=1S/C14H21N/c1-10(2)13-9-15(11(3)4)14-8-6-5-7-12(13)14/h5-8,10-11,13H,9H2,1-4H3. The molecule has 1 aliphatic heterocycles. The second kappa shape index (κ2) is 3.88. The first-order chi connectivity index (χ1) is 7.11. The summed E-state index contributed by atoms with van der Waals surface area (Å²) >= 11 is 0. The Bertz CT molecular complexity index is 308. The van der Waals surface area contributed by atoms with Gasteiger partial charge in [-0.05, 0) is 31.4 Å². The summed E-state index contributed by atoms with van der Waals surface area (Å²) in [5, 5.41) is 0. The van der Waals surface area contributed by atoms with Crippen LogP contribution >= 0.6 is 0 Å². The van der Waals surface area contributed by atoms with E-state index in [1.54, 1.807) is 5.56 Å². The molecule has 1 heterocycles. The number of hydrogen-bond donors (Lipinski definition) is 0. The molecule has 0 aromatic heterocycles. The highest BCUT2D eigenvalue weighted by Gasteiger charge is 2.31. The Kier molecular flexibility index (Phi) is 2.72. The highest BCUT2D eigenvalue weighted by Crippen LogP contribution is 2.40. The van der Waals surface area contributed by atoms with Gasteiger partial charge in [-0.1, -0.05) is 32.0 Å². The van der Waals surface area contributed by atoms with Crippen LogP contribution in [0.5, 0.6) is 0 Å². The van der Waals surface area contributed by atoms with Crippen LogP contribution in [0, 0.1) is 5.92 Å². The number of nitrogens with zero attached hydrogens (tertiary/aromatic N) is 1. The Labute approximate surface area is 93.1 Å². The van der Waals surface area contributed by atoms with Crippen molar-refractivity contribution in [2.24, 2.45) is 5.92 Å². The second-order valence-electron chi connectivity index (χ2n) is 5.16. The number of anilines is 1.